The third kappa shape index (κ3) is 4.93. The topological polar surface area (TPSA) is 73.9 Å². The van der Waals surface area contributed by atoms with Crippen LogP contribution in [0.25, 0.3) is 0 Å². The van der Waals surface area contributed by atoms with Crippen LogP contribution in [0.15, 0.2) is 30.3 Å². The molecule has 0 aliphatic carbocycles. The van der Waals surface area contributed by atoms with Crippen molar-refractivity contribution in [3.05, 3.63) is 30.3 Å². The van der Waals surface area contributed by atoms with E-state index in [2.05, 4.69) is 5.09 Å². The Morgan fingerprint density at radius 2 is 2.14 bits per heavy atom. The first kappa shape index (κ1) is 16.2. The van der Waals surface area contributed by atoms with Gasteiger partial charge in [-0.1, -0.05) is 18.2 Å². The Morgan fingerprint density at radius 1 is 1.48 bits per heavy atom. The molecule has 2 rings (SSSR count). The second-order valence-corrected chi connectivity index (χ2v) is 6.75. The molecule has 0 amide bonds. The Hall–Kier alpha value is -1.20. The first-order valence-electron chi connectivity index (χ1n) is 6.88. The predicted octanol–water partition coefficient (Wildman–Crippen LogP) is 2.54. The molecular weight excluding hydrogens is 293 g/mol. The Morgan fingerprint density at radius 3 is 2.71 bits per heavy atom. The van der Waals surface area contributed by atoms with Gasteiger partial charge in [-0.3, -0.25) is 4.52 Å². The summed E-state index contributed by atoms with van der Waals surface area (Å²) >= 11 is 0. The smallest absolute Gasteiger partial charge is 0.413 e. The molecule has 1 fully saturated rings. The molecule has 1 aromatic rings. The number of carbonyl (C=O) groups is 1. The minimum absolute atomic E-state index is 0.0824. The molecule has 1 N–H and O–H groups in total. The lowest BCUT2D eigenvalue weighted by atomic mass is 10.1. The minimum Gasteiger partial charge on any atom is -0.413 e. The fourth-order valence-electron chi connectivity index (χ4n) is 1.97. The molecule has 1 saturated heterocycles. The Bertz CT molecular complexity index is 503. The fourth-order valence-corrected chi connectivity index (χ4v) is 3.47. The number of hydrogen-bond acceptors (Lipinski definition) is 5. The third-order valence-electron chi connectivity index (χ3n) is 2.98. The zero-order valence-electron chi connectivity index (χ0n) is 12.1. The van der Waals surface area contributed by atoms with Gasteiger partial charge in [0.2, 0.25) is 0 Å². The van der Waals surface area contributed by atoms with Crippen molar-refractivity contribution in [2.75, 3.05) is 6.61 Å². The van der Waals surface area contributed by atoms with Crippen molar-refractivity contribution in [1.82, 2.24) is 5.09 Å². The Labute approximate surface area is 124 Å². The second kappa shape index (κ2) is 7.18. The van der Waals surface area contributed by atoms with E-state index in [1.165, 1.54) is 0 Å². The van der Waals surface area contributed by atoms with E-state index < -0.39 is 13.8 Å². The maximum absolute atomic E-state index is 12.7. The molecule has 0 spiro atoms. The summed E-state index contributed by atoms with van der Waals surface area (Å²) in [6.07, 6.45) is 1.62. The molecule has 116 valence electrons. The highest BCUT2D eigenvalue weighted by Gasteiger charge is 2.33. The van der Waals surface area contributed by atoms with Crippen LogP contribution in [0.3, 0.4) is 0 Å². The zero-order chi connectivity index (χ0) is 15.3. The van der Waals surface area contributed by atoms with Crippen molar-refractivity contribution >= 4 is 14.0 Å². The normalized spacial score (nSPS) is 25.4. The van der Waals surface area contributed by atoms with Crippen LogP contribution >= 0.6 is 7.75 Å². The number of ether oxygens (including phenoxy) is 1. The maximum atomic E-state index is 12.7. The molecule has 0 aromatic heterocycles. The molecule has 1 heterocycles. The van der Waals surface area contributed by atoms with Gasteiger partial charge in [-0.05, 0) is 26.0 Å². The van der Waals surface area contributed by atoms with Crippen LogP contribution in [0.2, 0.25) is 0 Å². The number of carbonyl (C=O) groups excluding carboxylic acids is 1. The second-order valence-electron chi connectivity index (χ2n) is 5.06. The van der Waals surface area contributed by atoms with Crippen LogP contribution < -0.4 is 9.61 Å². The van der Waals surface area contributed by atoms with Crippen molar-refractivity contribution in [2.45, 2.75) is 38.5 Å². The van der Waals surface area contributed by atoms with E-state index in [0.717, 1.165) is 6.42 Å². The third-order valence-corrected chi connectivity index (χ3v) is 4.65. The van der Waals surface area contributed by atoms with E-state index in [0.29, 0.717) is 12.0 Å². The summed E-state index contributed by atoms with van der Waals surface area (Å²) in [5.74, 6) is 0.411. The minimum atomic E-state index is -3.63. The van der Waals surface area contributed by atoms with E-state index >= 15 is 0 Å². The highest BCUT2D eigenvalue weighted by atomic mass is 31.2. The maximum Gasteiger partial charge on any atom is 0.459 e. The largest absolute Gasteiger partial charge is 0.459 e. The highest BCUT2D eigenvalue weighted by molar-refractivity contribution is 7.52. The predicted molar refractivity (Wildman–Crippen MR) is 78.2 cm³/mol. The van der Waals surface area contributed by atoms with Crippen LogP contribution in [-0.4, -0.2) is 31.1 Å². The number of nitrogens with one attached hydrogen (secondary N) is 1. The quantitative estimate of drug-likeness (QED) is 0.587. The van der Waals surface area contributed by atoms with Gasteiger partial charge in [0.05, 0.1) is 24.9 Å². The number of para-hydroxylation sites is 1. The summed E-state index contributed by atoms with van der Waals surface area (Å²) in [5.41, 5.74) is 0. The van der Waals surface area contributed by atoms with Gasteiger partial charge in [0.25, 0.3) is 0 Å². The Balaban J connectivity index is 1.99. The molecular formula is C14H20NO5P. The summed E-state index contributed by atoms with van der Waals surface area (Å²) in [7, 11) is -3.63. The molecule has 1 aromatic carbocycles. The molecule has 0 bridgehead atoms. The Kier molecular flexibility index (Phi) is 5.53. The average molecular weight is 313 g/mol. The monoisotopic (exact) mass is 313 g/mol. The standard InChI is InChI=1S/C14H20NO5P/c1-11(9-16)15-21(17,18-10-14-8-12(2)19-14)20-13-6-4-3-5-7-13/h3-7,9,11-12,14H,8,10H2,1-2H3,(H,15,17). The van der Waals surface area contributed by atoms with Gasteiger partial charge >= 0.3 is 7.75 Å². The van der Waals surface area contributed by atoms with E-state index in [1.807, 2.05) is 13.0 Å². The van der Waals surface area contributed by atoms with Crippen LogP contribution in [-0.2, 0) is 18.6 Å². The summed E-state index contributed by atoms with van der Waals surface area (Å²) in [6.45, 7) is 3.70. The van der Waals surface area contributed by atoms with E-state index in [-0.39, 0.29) is 18.8 Å². The van der Waals surface area contributed by atoms with Crippen molar-refractivity contribution in [3.8, 4) is 5.75 Å². The molecule has 1 aliphatic heterocycles. The van der Waals surface area contributed by atoms with Gasteiger partial charge in [0.15, 0.2) is 0 Å². The van der Waals surface area contributed by atoms with Crippen molar-refractivity contribution in [3.63, 3.8) is 0 Å². The molecule has 7 heteroatoms. The summed E-state index contributed by atoms with van der Waals surface area (Å²) < 4.78 is 28.9. The van der Waals surface area contributed by atoms with Gasteiger partial charge in [-0.15, -0.1) is 0 Å². The van der Waals surface area contributed by atoms with E-state index in [4.69, 9.17) is 13.8 Å². The molecule has 4 atom stereocenters. The van der Waals surface area contributed by atoms with Crippen molar-refractivity contribution in [2.24, 2.45) is 0 Å². The van der Waals surface area contributed by atoms with Gasteiger partial charge in [-0.25, -0.2) is 9.65 Å². The highest BCUT2D eigenvalue weighted by Crippen LogP contribution is 2.45. The number of rotatable bonds is 8. The summed E-state index contributed by atoms with van der Waals surface area (Å²) in [4.78, 5) is 10.8. The van der Waals surface area contributed by atoms with Crippen molar-refractivity contribution < 1.29 is 23.1 Å². The average Bonchev–Trinajstić information content (AvgIpc) is 2.43. The number of benzene rings is 1. The molecule has 6 nitrogen and oxygen atoms in total. The van der Waals surface area contributed by atoms with Gasteiger partial charge in [0, 0.05) is 6.42 Å². The first-order chi connectivity index (χ1) is 10.0. The number of hydrogen-bond donors (Lipinski definition) is 1. The SMILES string of the molecule is CC(C=O)NP(=O)(OCC1CC(C)O1)Oc1ccccc1. The van der Waals surface area contributed by atoms with Crippen LogP contribution in [0.4, 0.5) is 0 Å². The van der Waals surface area contributed by atoms with E-state index in [9.17, 15) is 9.36 Å². The van der Waals surface area contributed by atoms with Gasteiger partial charge in [0.1, 0.15) is 12.0 Å². The summed E-state index contributed by atoms with van der Waals surface area (Å²) in [6, 6.07) is 8.06. The van der Waals surface area contributed by atoms with Crippen molar-refractivity contribution in [1.29, 1.82) is 0 Å². The molecule has 0 radical (unpaired) electrons. The summed E-state index contributed by atoms with van der Waals surface area (Å²) in [5, 5.41) is 2.59. The van der Waals surface area contributed by atoms with Gasteiger partial charge < -0.3 is 14.1 Å². The molecule has 1 aliphatic rings. The van der Waals surface area contributed by atoms with Gasteiger partial charge in [-0.2, -0.15) is 0 Å². The number of aldehydes is 1. The lowest BCUT2D eigenvalue weighted by Crippen LogP contribution is -2.39. The van der Waals surface area contributed by atoms with Crippen LogP contribution in [0.1, 0.15) is 20.3 Å². The molecule has 0 saturated carbocycles. The lowest BCUT2D eigenvalue weighted by molar-refractivity contribution is -0.129. The first-order valence-corrected chi connectivity index (χ1v) is 8.43. The zero-order valence-corrected chi connectivity index (χ0v) is 13.0. The fraction of sp³-hybridized carbons (Fsp3) is 0.500. The van der Waals surface area contributed by atoms with Crippen LogP contribution in [0.5, 0.6) is 5.75 Å². The van der Waals surface area contributed by atoms with E-state index in [1.54, 1.807) is 31.2 Å². The van der Waals surface area contributed by atoms with Crippen LogP contribution in [0, 0.1) is 0 Å². The molecule has 4 unspecified atom stereocenters. The lowest BCUT2D eigenvalue weighted by Gasteiger charge is -2.34. The molecule has 21 heavy (non-hydrogen) atoms.